The van der Waals surface area contributed by atoms with Gasteiger partial charge in [0, 0.05) is 23.6 Å². The molecule has 0 spiro atoms. The lowest BCUT2D eigenvalue weighted by Crippen LogP contribution is -2.38. The molecule has 18 heavy (non-hydrogen) atoms. The molecule has 100 valence electrons. The van der Waals surface area contributed by atoms with Crippen LogP contribution in [0.4, 0.5) is 5.69 Å². The molecule has 2 atom stereocenters. The number of piperidine rings is 1. The highest BCUT2D eigenvalue weighted by atomic mass is 79.9. The van der Waals surface area contributed by atoms with E-state index in [4.69, 9.17) is 0 Å². The van der Waals surface area contributed by atoms with Crippen molar-refractivity contribution < 1.29 is 5.11 Å². The second-order valence-electron chi connectivity index (χ2n) is 4.96. The van der Waals surface area contributed by atoms with Gasteiger partial charge in [0.25, 0.3) is 0 Å². The third-order valence-corrected chi connectivity index (χ3v) is 4.28. The third-order valence-electron chi connectivity index (χ3n) is 3.64. The summed E-state index contributed by atoms with van der Waals surface area (Å²) >= 11 is 3.65. The van der Waals surface area contributed by atoms with Crippen LogP contribution in [-0.2, 0) is 0 Å². The lowest BCUT2D eigenvalue weighted by molar-refractivity contribution is 0.154. The number of nitrogens with zero attached hydrogens (tertiary/aromatic N) is 1. The van der Waals surface area contributed by atoms with Crippen molar-refractivity contribution in [2.24, 2.45) is 0 Å². The second-order valence-corrected chi connectivity index (χ2v) is 5.82. The van der Waals surface area contributed by atoms with Crippen molar-refractivity contribution in [2.45, 2.75) is 31.9 Å². The molecule has 2 unspecified atom stereocenters. The Kier molecular flexibility index (Phi) is 4.65. The van der Waals surface area contributed by atoms with Crippen LogP contribution in [0.1, 0.15) is 31.4 Å². The smallest absolute Gasteiger partial charge is 0.0715 e. The molecular weight excluding hydrogens is 292 g/mol. The largest absolute Gasteiger partial charge is 0.391 e. The number of nitrogens with one attached hydrogen (secondary N) is 1. The average molecular weight is 313 g/mol. The molecular formula is C14H21BrN2O. The van der Waals surface area contributed by atoms with Crippen LogP contribution in [0.15, 0.2) is 22.7 Å². The number of benzene rings is 1. The molecule has 1 fully saturated rings. The molecule has 0 amide bonds. The zero-order chi connectivity index (χ0) is 13.1. The first kappa shape index (κ1) is 13.8. The first-order chi connectivity index (χ1) is 8.61. The van der Waals surface area contributed by atoms with Crippen molar-refractivity contribution in [3.63, 3.8) is 0 Å². The minimum absolute atomic E-state index is 0.193. The zero-order valence-electron chi connectivity index (χ0n) is 11.0. The van der Waals surface area contributed by atoms with E-state index in [0.29, 0.717) is 6.04 Å². The predicted molar refractivity (Wildman–Crippen MR) is 79.1 cm³/mol. The van der Waals surface area contributed by atoms with Crippen LogP contribution in [0.2, 0.25) is 0 Å². The molecule has 1 aliphatic rings. The quantitative estimate of drug-likeness (QED) is 0.901. The first-order valence-electron chi connectivity index (χ1n) is 6.51. The summed E-state index contributed by atoms with van der Waals surface area (Å²) < 4.78 is 1.11. The van der Waals surface area contributed by atoms with Crippen LogP contribution in [0.5, 0.6) is 0 Å². The number of halogens is 1. The summed E-state index contributed by atoms with van der Waals surface area (Å²) in [5.41, 5.74) is 2.45. The summed E-state index contributed by atoms with van der Waals surface area (Å²) in [7, 11) is 1.97. The number of hydrogen-bond donors (Lipinski definition) is 2. The fourth-order valence-corrected chi connectivity index (χ4v) is 3.04. The molecule has 1 aromatic carbocycles. The van der Waals surface area contributed by atoms with E-state index < -0.39 is 0 Å². The van der Waals surface area contributed by atoms with Crippen LogP contribution in [-0.4, -0.2) is 31.3 Å². The fraction of sp³-hybridized carbons (Fsp3) is 0.571. The monoisotopic (exact) mass is 312 g/mol. The molecule has 1 saturated heterocycles. The molecule has 1 aromatic rings. The molecule has 0 bridgehead atoms. The van der Waals surface area contributed by atoms with E-state index in [1.54, 1.807) is 0 Å². The van der Waals surface area contributed by atoms with E-state index >= 15 is 0 Å². The van der Waals surface area contributed by atoms with Crippen molar-refractivity contribution in [3.05, 3.63) is 28.2 Å². The van der Waals surface area contributed by atoms with Gasteiger partial charge in [-0.3, -0.25) is 0 Å². The number of hydrogen-bond acceptors (Lipinski definition) is 3. The van der Waals surface area contributed by atoms with Gasteiger partial charge in [0.1, 0.15) is 0 Å². The van der Waals surface area contributed by atoms with E-state index in [1.807, 2.05) is 7.05 Å². The summed E-state index contributed by atoms with van der Waals surface area (Å²) in [5.74, 6) is 0. The summed E-state index contributed by atoms with van der Waals surface area (Å²) in [6.07, 6.45) is 1.78. The number of aliphatic hydroxyl groups is 1. The number of rotatable bonds is 3. The molecule has 4 heteroatoms. The van der Waals surface area contributed by atoms with E-state index in [-0.39, 0.29) is 6.10 Å². The van der Waals surface area contributed by atoms with Crippen LogP contribution in [0, 0.1) is 0 Å². The Labute approximate surface area is 117 Å². The maximum atomic E-state index is 9.75. The molecule has 2 N–H and O–H groups in total. The van der Waals surface area contributed by atoms with Gasteiger partial charge in [-0.2, -0.15) is 0 Å². The Morgan fingerprint density at radius 3 is 2.89 bits per heavy atom. The SMILES string of the molecule is CNC(C)c1ccc(N2CCCC(O)C2)c(Br)c1. The van der Waals surface area contributed by atoms with Gasteiger partial charge >= 0.3 is 0 Å². The van der Waals surface area contributed by atoms with Gasteiger partial charge in [-0.1, -0.05) is 6.07 Å². The Balaban J connectivity index is 2.19. The zero-order valence-corrected chi connectivity index (χ0v) is 12.6. The van der Waals surface area contributed by atoms with Crippen molar-refractivity contribution in [2.75, 3.05) is 25.0 Å². The topological polar surface area (TPSA) is 35.5 Å². The van der Waals surface area contributed by atoms with Gasteiger partial charge in [-0.25, -0.2) is 0 Å². The fourth-order valence-electron chi connectivity index (χ4n) is 2.39. The van der Waals surface area contributed by atoms with E-state index in [2.05, 4.69) is 51.3 Å². The van der Waals surface area contributed by atoms with Crippen molar-refractivity contribution in [1.82, 2.24) is 5.32 Å². The Bertz CT molecular complexity index is 411. The molecule has 3 nitrogen and oxygen atoms in total. The first-order valence-corrected chi connectivity index (χ1v) is 7.31. The van der Waals surface area contributed by atoms with Crippen LogP contribution in [0.25, 0.3) is 0 Å². The summed E-state index contributed by atoms with van der Waals surface area (Å²) in [4.78, 5) is 2.26. The normalized spacial score (nSPS) is 22.0. The van der Waals surface area contributed by atoms with Crippen molar-refractivity contribution in [1.29, 1.82) is 0 Å². The number of aliphatic hydroxyl groups excluding tert-OH is 1. The predicted octanol–water partition coefficient (Wildman–Crippen LogP) is 2.69. The maximum Gasteiger partial charge on any atom is 0.0715 e. The molecule has 1 heterocycles. The Morgan fingerprint density at radius 1 is 1.50 bits per heavy atom. The minimum atomic E-state index is -0.193. The number of β-amino-alcohol motifs (C(OH)–C–C–N with tert-alkyl or cyclic N) is 1. The van der Waals surface area contributed by atoms with E-state index in [0.717, 1.165) is 30.4 Å². The van der Waals surface area contributed by atoms with E-state index in [9.17, 15) is 5.11 Å². The molecule has 0 saturated carbocycles. The molecule has 0 aliphatic carbocycles. The highest BCUT2D eigenvalue weighted by molar-refractivity contribution is 9.10. The Morgan fingerprint density at radius 2 is 2.28 bits per heavy atom. The van der Waals surface area contributed by atoms with Crippen molar-refractivity contribution >= 4 is 21.6 Å². The highest BCUT2D eigenvalue weighted by Crippen LogP contribution is 2.31. The van der Waals surface area contributed by atoms with Crippen LogP contribution < -0.4 is 10.2 Å². The third kappa shape index (κ3) is 3.05. The van der Waals surface area contributed by atoms with E-state index in [1.165, 1.54) is 11.3 Å². The molecule has 1 aliphatic heterocycles. The lowest BCUT2D eigenvalue weighted by atomic mass is 10.1. The van der Waals surface area contributed by atoms with Gasteiger partial charge < -0.3 is 15.3 Å². The average Bonchev–Trinajstić information content (AvgIpc) is 2.37. The summed E-state index contributed by atoms with van der Waals surface area (Å²) in [5, 5.41) is 13.0. The standard InChI is InChI=1S/C14H21BrN2O/c1-10(16-2)11-5-6-14(13(15)8-11)17-7-3-4-12(18)9-17/h5-6,8,10,12,16,18H,3-4,7,9H2,1-2H3. The van der Waals surface area contributed by atoms with Gasteiger partial charge in [-0.05, 0) is 60.4 Å². The van der Waals surface area contributed by atoms with Crippen molar-refractivity contribution in [3.8, 4) is 0 Å². The minimum Gasteiger partial charge on any atom is -0.391 e. The second kappa shape index (κ2) is 6.04. The molecule has 2 rings (SSSR count). The van der Waals surface area contributed by atoms with Gasteiger partial charge in [0.15, 0.2) is 0 Å². The van der Waals surface area contributed by atoms with Gasteiger partial charge in [0.2, 0.25) is 0 Å². The van der Waals surface area contributed by atoms with Crippen LogP contribution in [0.3, 0.4) is 0 Å². The summed E-state index contributed by atoms with van der Waals surface area (Å²) in [6.45, 7) is 3.90. The van der Waals surface area contributed by atoms with Gasteiger partial charge in [-0.15, -0.1) is 0 Å². The highest BCUT2D eigenvalue weighted by Gasteiger charge is 2.19. The maximum absolute atomic E-state index is 9.75. The molecule has 0 aromatic heterocycles. The summed E-state index contributed by atoms with van der Waals surface area (Å²) in [6, 6.07) is 6.81. The van der Waals surface area contributed by atoms with Crippen LogP contribution >= 0.6 is 15.9 Å². The lowest BCUT2D eigenvalue weighted by Gasteiger charge is -2.33. The van der Waals surface area contributed by atoms with Gasteiger partial charge in [0.05, 0.1) is 11.8 Å². The molecule has 0 radical (unpaired) electrons. The number of anilines is 1. The Hall–Kier alpha value is -0.580.